The van der Waals surface area contributed by atoms with Gasteiger partial charge in [-0.1, -0.05) is 6.26 Å². The second kappa shape index (κ2) is 4.83. The quantitative estimate of drug-likeness (QED) is 0.551. The molecule has 1 atom stereocenters. The van der Waals surface area contributed by atoms with Gasteiger partial charge in [-0.05, 0) is 6.92 Å². The van der Waals surface area contributed by atoms with Crippen molar-refractivity contribution >= 4 is 11.8 Å². The summed E-state index contributed by atoms with van der Waals surface area (Å²) in [6.45, 7) is 2.03. The SMILES string of the molecule is CC1OC=[C-]CS1.[Y]. The Balaban J connectivity index is 0.000000490. The Morgan fingerprint density at radius 2 is 2.62 bits per heavy atom. The Bertz CT molecular complexity index is 84.5. The summed E-state index contributed by atoms with van der Waals surface area (Å²) in [5, 5.41) is 0. The Hall–Kier alpha value is 0.994. The smallest absolute Gasteiger partial charge is 0.134 e. The van der Waals surface area contributed by atoms with E-state index in [1.54, 1.807) is 18.0 Å². The van der Waals surface area contributed by atoms with Crippen LogP contribution in [0.3, 0.4) is 0 Å². The fourth-order valence-corrected chi connectivity index (χ4v) is 0.916. The average Bonchev–Trinajstić information content (AvgIpc) is 1.69. The van der Waals surface area contributed by atoms with Gasteiger partial charge in [-0.25, -0.2) is 0 Å². The summed E-state index contributed by atoms with van der Waals surface area (Å²) in [5.41, 5.74) is 0.334. The van der Waals surface area contributed by atoms with E-state index in [0.717, 1.165) is 5.75 Å². The normalized spacial score (nSPS) is 25.9. The average molecular weight is 204 g/mol. The van der Waals surface area contributed by atoms with Crippen molar-refractivity contribution in [1.82, 2.24) is 0 Å². The second-order valence-electron chi connectivity index (χ2n) is 1.34. The molecule has 0 saturated carbocycles. The fraction of sp³-hybridized carbons (Fsp3) is 0.600. The summed E-state index contributed by atoms with van der Waals surface area (Å²) in [5.74, 6) is 0.973. The van der Waals surface area contributed by atoms with Gasteiger partial charge >= 0.3 is 0 Å². The molecule has 0 fully saturated rings. The first-order valence-electron chi connectivity index (χ1n) is 2.22. The Labute approximate surface area is 79.1 Å². The van der Waals surface area contributed by atoms with Gasteiger partial charge in [0, 0.05) is 32.7 Å². The summed E-state index contributed by atoms with van der Waals surface area (Å²) in [6.07, 6.45) is 4.57. The third-order valence-electron chi connectivity index (χ3n) is 0.744. The van der Waals surface area contributed by atoms with Crippen LogP contribution in [0, 0.1) is 6.08 Å². The van der Waals surface area contributed by atoms with Crippen LogP contribution in [-0.2, 0) is 37.4 Å². The van der Waals surface area contributed by atoms with Crippen molar-refractivity contribution in [1.29, 1.82) is 0 Å². The van der Waals surface area contributed by atoms with E-state index in [4.69, 9.17) is 4.74 Å². The van der Waals surface area contributed by atoms with Gasteiger partial charge in [0.1, 0.15) is 5.44 Å². The van der Waals surface area contributed by atoms with Crippen LogP contribution in [0.5, 0.6) is 0 Å². The molecule has 0 N–H and O–H groups in total. The van der Waals surface area contributed by atoms with Crippen LogP contribution in [0.4, 0.5) is 0 Å². The first-order valence-corrected chi connectivity index (χ1v) is 3.26. The van der Waals surface area contributed by atoms with Gasteiger partial charge in [0.05, 0.1) is 0 Å². The third-order valence-corrected chi connectivity index (χ3v) is 1.66. The minimum Gasteiger partial charge on any atom is -0.524 e. The summed E-state index contributed by atoms with van der Waals surface area (Å²) >= 11 is 1.75. The molecule has 0 saturated heterocycles. The van der Waals surface area contributed by atoms with Crippen LogP contribution in [0.1, 0.15) is 6.92 Å². The second-order valence-corrected chi connectivity index (χ2v) is 2.62. The maximum atomic E-state index is 5.00. The third kappa shape index (κ3) is 3.11. The number of hydrogen-bond acceptors (Lipinski definition) is 2. The Morgan fingerprint density at radius 3 is 2.88 bits per heavy atom. The van der Waals surface area contributed by atoms with Crippen LogP contribution >= 0.6 is 11.8 Å². The summed E-state index contributed by atoms with van der Waals surface area (Å²) < 4.78 is 5.00. The molecule has 1 rings (SSSR count). The maximum Gasteiger partial charge on any atom is 0.134 e. The molecule has 0 aliphatic carbocycles. The standard InChI is InChI=1S/C5H7OS.Y/c1-5-6-3-2-4-7-5;/h3,5H,4H2,1H3;/q-1;. The van der Waals surface area contributed by atoms with Crippen LogP contribution < -0.4 is 0 Å². The molecule has 3 heteroatoms. The molecule has 0 aromatic rings. The van der Waals surface area contributed by atoms with Crippen molar-refractivity contribution in [3.8, 4) is 0 Å². The molecule has 0 aromatic carbocycles. The molecule has 8 heavy (non-hydrogen) atoms. The number of hydrogen-bond donors (Lipinski definition) is 0. The molecule has 1 nitrogen and oxygen atoms in total. The summed E-state index contributed by atoms with van der Waals surface area (Å²) in [4.78, 5) is 0. The molecule has 0 aromatic heterocycles. The first-order chi connectivity index (χ1) is 3.39. The molecule has 0 amide bonds. The van der Waals surface area contributed by atoms with Gasteiger partial charge in [0.25, 0.3) is 0 Å². The van der Waals surface area contributed by atoms with Crippen molar-refractivity contribution in [2.75, 3.05) is 5.75 Å². The van der Waals surface area contributed by atoms with Crippen LogP contribution in [0.25, 0.3) is 0 Å². The molecule has 1 aliphatic rings. The molecule has 1 radical (unpaired) electrons. The van der Waals surface area contributed by atoms with E-state index in [9.17, 15) is 0 Å². The number of rotatable bonds is 0. The zero-order chi connectivity index (χ0) is 5.11. The Kier molecular flexibility index (Phi) is 5.43. The monoisotopic (exact) mass is 204 g/mol. The maximum absolute atomic E-state index is 5.00. The van der Waals surface area contributed by atoms with Gasteiger partial charge < -0.3 is 10.8 Å². The van der Waals surface area contributed by atoms with Gasteiger partial charge in [0.15, 0.2) is 0 Å². The van der Waals surface area contributed by atoms with Gasteiger partial charge in [-0.15, -0.1) is 5.75 Å². The minimum absolute atomic E-state index is 0. The van der Waals surface area contributed by atoms with Crippen LogP contribution in [0.2, 0.25) is 0 Å². The van der Waals surface area contributed by atoms with Crippen molar-refractivity contribution in [3.05, 3.63) is 12.3 Å². The van der Waals surface area contributed by atoms with Crippen molar-refractivity contribution < 1.29 is 37.4 Å². The molecular formula is C5H7OSY-. The largest absolute Gasteiger partial charge is 0.524 e. The fourth-order valence-electron chi connectivity index (χ4n) is 0.383. The molecule has 1 heterocycles. The van der Waals surface area contributed by atoms with E-state index in [0.29, 0.717) is 5.44 Å². The first kappa shape index (κ1) is 8.99. The summed E-state index contributed by atoms with van der Waals surface area (Å²) in [7, 11) is 0. The molecule has 0 bridgehead atoms. The van der Waals surface area contributed by atoms with Crippen molar-refractivity contribution in [2.45, 2.75) is 12.4 Å². The van der Waals surface area contributed by atoms with E-state index < -0.39 is 0 Å². The predicted octanol–water partition coefficient (Wildman–Crippen LogP) is 1.41. The molecular weight excluding hydrogens is 197 g/mol. The van der Waals surface area contributed by atoms with Crippen molar-refractivity contribution in [2.24, 2.45) is 0 Å². The van der Waals surface area contributed by atoms with E-state index in [-0.39, 0.29) is 32.7 Å². The zero-order valence-corrected chi connectivity index (χ0v) is 8.41. The van der Waals surface area contributed by atoms with E-state index in [1.165, 1.54) is 0 Å². The van der Waals surface area contributed by atoms with Crippen LogP contribution in [0.15, 0.2) is 6.26 Å². The number of ether oxygens (including phenoxy) is 1. The topological polar surface area (TPSA) is 9.23 Å². The van der Waals surface area contributed by atoms with Crippen LogP contribution in [-0.4, -0.2) is 11.2 Å². The van der Waals surface area contributed by atoms with Crippen molar-refractivity contribution in [3.63, 3.8) is 0 Å². The molecule has 1 unspecified atom stereocenters. The van der Waals surface area contributed by atoms with Gasteiger partial charge in [0.2, 0.25) is 0 Å². The molecule has 1 aliphatic heterocycles. The minimum atomic E-state index is 0. The van der Waals surface area contributed by atoms with E-state index in [2.05, 4.69) is 6.08 Å². The predicted molar refractivity (Wildman–Crippen MR) is 30.8 cm³/mol. The number of thioether (sulfide) groups is 1. The Morgan fingerprint density at radius 1 is 1.88 bits per heavy atom. The van der Waals surface area contributed by atoms with Gasteiger partial charge in [-0.2, -0.15) is 11.8 Å². The van der Waals surface area contributed by atoms with E-state index in [1.807, 2.05) is 6.92 Å². The van der Waals surface area contributed by atoms with E-state index >= 15 is 0 Å². The zero-order valence-electron chi connectivity index (χ0n) is 4.76. The van der Waals surface area contributed by atoms with Gasteiger partial charge in [-0.3, -0.25) is 0 Å². The summed E-state index contributed by atoms with van der Waals surface area (Å²) in [6, 6.07) is 0. The molecule has 0 spiro atoms. The molecule has 43 valence electrons.